The minimum atomic E-state index is -0.178. The fourth-order valence-electron chi connectivity index (χ4n) is 3.15. The van der Waals surface area contributed by atoms with Crippen molar-refractivity contribution in [2.75, 3.05) is 32.0 Å². The zero-order valence-electron chi connectivity index (χ0n) is 16.5. The van der Waals surface area contributed by atoms with E-state index in [2.05, 4.69) is 9.97 Å². The second-order valence-corrected chi connectivity index (χ2v) is 7.24. The Morgan fingerprint density at radius 2 is 2.11 bits per heavy atom. The summed E-state index contributed by atoms with van der Waals surface area (Å²) in [5.41, 5.74) is 6.90. The van der Waals surface area contributed by atoms with Crippen molar-refractivity contribution in [2.24, 2.45) is 0 Å². The van der Waals surface area contributed by atoms with Crippen molar-refractivity contribution in [3.8, 4) is 5.75 Å². The van der Waals surface area contributed by atoms with E-state index in [-0.39, 0.29) is 23.9 Å². The van der Waals surface area contributed by atoms with Gasteiger partial charge in [0.05, 0.1) is 12.6 Å². The van der Waals surface area contributed by atoms with Crippen molar-refractivity contribution in [2.45, 2.75) is 38.7 Å². The van der Waals surface area contributed by atoms with Gasteiger partial charge in [0, 0.05) is 18.8 Å². The molecular weight excluding hydrogens is 356 g/mol. The van der Waals surface area contributed by atoms with Gasteiger partial charge in [-0.15, -0.1) is 0 Å². The fraction of sp³-hybridized carbons (Fsp3) is 0.476. The summed E-state index contributed by atoms with van der Waals surface area (Å²) in [5.74, 6) is 0.876. The zero-order valence-corrected chi connectivity index (χ0v) is 16.5. The molecule has 1 aliphatic rings. The first-order valence-electron chi connectivity index (χ1n) is 9.76. The summed E-state index contributed by atoms with van der Waals surface area (Å²) in [6.45, 7) is 6.10. The lowest BCUT2D eigenvalue weighted by Crippen LogP contribution is -2.40. The molecule has 28 heavy (non-hydrogen) atoms. The summed E-state index contributed by atoms with van der Waals surface area (Å²) >= 11 is 0. The maximum absolute atomic E-state index is 13.2. The van der Waals surface area contributed by atoms with Crippen LogP contribution in [0.25, 0.3) is 0 Å². The minimum absolute atomic E-state index is 0.0458. The normalized spacial score (nSPS) is 16.3. The molecule has 2 aromatic rings. The number of amides is 1. The second kappa shape index (κ2) is 9.50. The first-order valence-corrected chi connectivity index (χ1v) is 9.76. The summed E-state index contributed by atoms with van der Waals surface area (Å²) in [7, 11) is 0. The van der Waals surface area contributed by atoms with Crippen LogP contribution in [0.4, 0.5) is 5.95 Å². The first-order chi connectivity index (χ1) is 13.5. The number of ether oxygens (including phenoxy) is 2. The fourth-order valence-corrected chi connectivity index (χ4v) is 3.15. The molecule has 1 atom stereocenters. The van der Waals surface area contributed by atoms with Crippen LogP contribution in [0.5, 0.6) is 5.75 Å². The van der Waals surface area contributed by atoms with Crippen molar-refractivity contribution >= 4 is 11.9 Å². The zero-order chi connectivity index (χ0) is 19.9. The van der Waals surface area contributed by atoms with E-state index in [0.29, 0.717) is 25.4 Å². The number of benzene rings is 1. The van der Waals surface area contributed by atoms with E-state index < -0.39 is 0 Å². The summed E-state index contributed by atoms with van der Waals surface area (Å²) < 4.78 is 11.5. The van der Waals surface area contributed by atoms with Crippen LogP contribution < -0.4 is 10.5 Å². The van der Waals surface area contributed by atoms with Crippen LogP contribution in [0.3, 0.4) is 0 Å². The molecule has 1 amide bonds. The van der Waals surface area contributed by atoms with E-state index in [9.17, 15) is 4.79 Å². The number of rotatable bonds is 8. The van der Waals surface area contributed by atoms with Gasteiger partial charge in [0.25, 0.3) is 5.91 Å². The quantitative estimate of drug-likeness (QED) is 0.753. The number of hydrogen-bond donors (Lipinski definition) is 1. The molecule has 1 aliphatic heterocycles. The molecule has 2 heterocycles. The molecule has 0 aliphatic carbocycles. The molecule has 0 bridgehead atoms. The number of aromatic nitrogens is 2. The number of nitrogen functional groups attached to an aromatic ring is 1. The van der Waals surface area contributed by atoms with Gasteiger partial charge in [-0.3, -0.25) is 4.79 Å². The van der Waals surface area contributed by atoms with Crippen LogP contribution >= 0.6 is 0 Å². The standard InChI is InChI=1S/C21H28N4O3/c1-15(2)18-13-19(24-21(22)23-18)20(26)25(14-17-9-6-11-27-17)10-12-28-16-7-4-3-5-8-16/h3-5,7-8,13,15,17H,6,9-12,14H2,1-2H3,(H2,22,23,24). The summed E-state index contributed by atoms with van der Waals surface area (Å²) in [5, 5.41) is 0. The Hall–Kier alpha value is -2.67. The molecule has 3 rings (SSSR count). The van der Waals surface area contributed by atoms with Crippen LogP contribution in [0, 0.1) is 0 Å². The van der Waals surface area contributed by atoms with Crippen LogP contribution in [0.15, 0.2) is 36.4 Å². The highest BCUT2D eigenvalue weighted by atomic mass is 16.5. The van der Waals surface area contributed by atoms with Crippen LogP contribution in [-0.4, -0.2) is 53.2 Å². The first kappa shape index (κ1) is 20.1. The van der Waals surface area contributed by atoms with Gasteiger partial charge in [-0.1, -0.05) is 32.0 Å². The summed E-state index contributed by atoms with van der Waals surface area (Å²) in [6, 6.07) is 11.3. The predicted octanol–water partition coefficient (Wildman–Crippen LogP) is 2.88. The molecular formula is C21H28N4O3. The van der Waals surface area contributed by atoms with E-state index in [1.165, 1.54) is 0 Å². The van der Waals surface area contributed by atoms with Crippen LogP contribution in [-0.2, 0) is 4.74 Å². The molecule has 1 aromatic heterocycles. The molecule has 1 aromatic carbocycles. The van der Waals surface area contributed by atoms with E-state index in [0.717, 1.165) is 30.9 Å². The Morgan fingerprint density at radius 3 is 2.79 bits per heavy atom. The maximum atomic E-state index is 13.2. The lowest BCUT2D eigenvalue weighted by molar-refractivity contribution is 0.0489. The highest BCUT2D eigenvalue weighted by Crippen LogP contribution is 2.18. The summed E-state index contributed by atoms with van der Waals surface area (Å²) in [4.78, 5) is 23.3. The number of hydrogen-bond acceptors (Lipinski definition) is 6. The number of nitrogens with two attached hydrogens (primary N) is 1. The summed E-state index contributed by atoms with van der Waals surface area (Å²) in [6.07, 6.45) is 2.02. The van der Waals surface area contributed by atoms with Gasteiger partial charge >= 0.3 is 0 Å². The van der Waals surface area contributed by atoms with Gasteiger partial charge in [0.1, 0.15) is 18.1 Å². The molecule has 0 radical (unpaired) electrons. The van der Waals surface area contributed by atoms with E-state index in [4.69, 9.17) is 15.2 Å². The molecule has 1 unspecified atom stereocenters. The average Bonchev–Trinajstić information content (AvgIpc) is 3.20. The van der Waals surface area contributed by atoms with Gasteiger partial charge in [-0.05, 0) is 37.0 Å². The number of carbonyl (C=O) groups excluding carboxylic acids is 1. The smallest absolute Gasteiger partial charge is 0.272 e. The Kier molecular flexibility index (Phi) is 6.81. The number of carbonyl (C=O) groups is 1. The molecule has 150 valence electrons. The topological polar surface area (TPSA) is 90.6 Å². The monoisotopic (exact) mass is 384 g/mol. The predicted molar refractivity (Wildman–Crippen MR) is 107 cm³/mol. The minimum Gasteiger partial charge on any atom is -0.492 e. The van der Waals surface area contributed by atoms with Gasteiger partial charge in [-0.2, -0.15) is 0 Å². The lowest BCUT2D eigenvalue weighted by atomic mass is 10.1. The Labute approximate surface area is 165 Å². The second-order valence-electron chi connectivity index (χ2n) is 7.24. The number of para-hydroxylation sites is 1. The molecule has 7 nitrogen and oxygen atoms in total. The Balaban J connectivity index is 1.72. The van der Waals surface area contributed by atoms with E-state index in [1.807, 2.05) is 44.2 Å². The third kappa shape index (κ3) is 5.42. The molecule has 2 N–H and O–H groups in total. The molecule has 0 saturated carbocycles. The van der Waals surface area contributed by atoms with E-state index in [1.54, 1.807) is 11.0 Å². The third-order valence-electron chi connectivity index (χ3n) is 4.68. The highest BCUT2D eigenvalue weighted by Gasteiger charge is 2.25. The maximum Gasteiger partial charge on any atom is 0.272 e. The Bertz CT molecular complexity index is 776. The van der Waals surface area contributed by atoms with Crippen LogP contribution in [0.2, 0.25) is 0 Å². The van der Waals surface area contributed by atoms with Crippen molar-refractivity contribution in [3.63, 3.8) is 0 Å². The number of anilines is 1. The largest absolute Gasteiger partial charge is 0.492 e. The third-order valence-corrected chi connectivity index (χ3v) is 4.68. The van der Waals surface area contributed by atoms with Crippen molar-refractivity contribution in [1.82, 2.24) is 14.9 Å². The van der Waals surface area contributed by atoms with Gasteiger partial charge in [0.15, 0.2) is 0 Å². The van der Waals surface area contributed by atoms with Crippen LogP contribution in [0.1, 0.15) is 48.8 Å². The van der Waals surface area contributed by atoms with Gasteiger partial charge in [-0.25, -0.2) is 9.97 Å². The number of nitrogens with zero attached hydrogens (tertiary/aromatic N) is 3. The average molecular weight is 384 g/mol. The molecule has 1 fully saturated rings. The van der Waals surface area contributed by atoms with Crippen molar-refractivity contribution < 1.29 is 14.3 Å². The molecule has 7 heteroatoms. The van der Waals surface area contributed by atoms with Crippen molar-refractivity contribution in [1.29, 1.82) is 0 Å². The lowest BCUT2D eigenvalue weighted by Gasteiger charge is -2.25. The SMILES string of the molecule is CC(C)c1cc(C(=O)N(CCOc2ccccc2)CC2CCCO2)nc(N)n1. The Morgan fingerprint density at radius 1 is 1.32 bits per heavy atom. The molecule has 1 saturated heterocycles. The van der Waals surface area contributed by atoms with Crippen molar-refractivity contribution in [3.05, 3.63) is 47.8 Å². The van der Waals surface area contributed by atoms with E-state index >= 15 is 0 Å². The van der Waals surface area contributed by atoms with Gasteiger partial charge < -0.3 is 20.1 Å². The highest BCUT2D eigenvalue weighted by molar-refractivity contribution is 5.92. The molecule has 0 spiro atoms. The van der Waals surface area contributed by atoms with Gasteiger partial charge in [0.2, 0.25) is 5.95 Å².